The normalized spacial score (nSPS) is 18.8. The monoisotopic (exact) mass is 379 g/mol. The SMILES string of the molecule is Cc1cccc2c1N(c1c(I)cnn1C)C(=O)C21CC1. The number of aryl methyl sites for hydroxylation is 2. The number of benzene rings is 1. The van der Waals surface area contributed by atoms with E-state index in [9.17, 15) is 4.79 Å². The van der Waals surface area contributed by atoms with E-state index in [1.54, 1.807) is 10.9 Å². The number of nitrogens with zero attached hydrogens (tertiary/aromatic N) is 3. The maximum Gasteiger partial charge on any atom is 0.243 e. The molecule has 1 aromatic carbocycles. The second-order valence-corrected chi connectivity index (χ2v) is 6.80. The van der Waals surface area contributed by atoms with Crippen LogP contribution < -0.4 is 4.90 Å². The fourth-order valence-corrected chi connectivity index (χ4v) is 3.95. The summed E-state index contributed by atoms with van der Waals surface area (Å²) in [4.78, 5) is 14.9. The van der Waals surface area contributed by atoms with Crippen LogP contribution in [0.25, 0.3) is 0 Å². The first-order chi connectivity index (χ1) is 9.56. The molecule has 20 heavy (non-hydrogen) atoms. The zero-order chi connectivity index (χ0) is 14.1. The summed E-state index contributed by atoms with van der Waals surface area (Å²) < 4.78 is 2.79. The molecular formula is C15H14IN3O. The van der Waals surface area contributed by atoms with Crippen LogP contribution in [0.4, 0.5) is 11.5 Å². The lowest BCUT2D eigenvalue weighted by molar-refractivity contribution is -0.119. The molecule has 4 nitrogen and oxygen atoms in total. The Balaban J connectivity index is 2.01. The van der Waals surface area contributed by atoms with Crippen LogP contribution in [0.2, 0.25) is 0 Å². The van der Waals surface area contributed by atoms with Crippen molar-refractivity contribution in [3.05, 3.63) is 39.1 Å². The minimum atomic E-state index is -0.255. The molecule has 1 aliphatic heterocycles. The van der Waals surface area contributed by atoms with E-state index in [-0.39, 0.29) is 11.3 Å². The van der Waals surface area contributed by atoms with Crippen molar-refractivity contribution >= 4 is 40.0 Å². The predicted octanol–water partition coefficient (Wildman–Crippen LogP) is 3.04. The Bertz CT molecular complexity index is 726. The Kier molecular flexibility index (Phi) is 2.38. The average molecular weight is 379 g/mol. The molecule has 2 aliphatic rings. The van der Waals surface area contributed by atoms with Gasteiger partial charge in [-0.1, -0.05) is 18.2 Å². The van der Waals surface area contributed by atoms with Crippen LogP contribution in [0.5, 0.6) is 0 Å². The maximum absolute atomic E-state index is 13.0. The van der Waals surface area contributed by atoms with Crippen molar-refractivity contribution in [1.29, 1.82) is 0 Å². The van der Waals surface area contributed by atoms with Gasteiger partial charge in [-0.15, -0.1) is 0 Å². The summed E-state index contributed by atoms with van der Waals surface area (Å²) >= 11 is 2.25. The van der Waals surface area contributed by atoms with Gasteiger partial charge in [-0.25, -0.2) is 0 Å². The molecule has 0 atom stereocenters. The number of carbonyl (C=O) groups is 1. The number of hydrogen-bond donors (Lipinski definition) is 0. The summed E-state index contributed by atoms with van der Waals surface area (Å²) in [6.07, 6.45) is 3.74. The van der Waals surface area contributed by atoms with Gasteiger partial charge in [0.25, 0.3) is 0 Å². The molecule has 4 rings (SSSR count). The first-order valence-corrected chi connectivity index (χ1v) is 7.76. The quantitative estimate of drug-likeness (QED) is 0.715. The Morgan fingerprint density at radius 2 is 2.10 bits per heavy atom. The van der Waals surface area contributed by atoms with Gasteiger partial charge in [-0.3, -0.25) is 14.4 Å². The number of rotatable bonds is 1. The van der Waals surface area contributed by atoms with E-state index in [1.807, 2.05) is 11.9 Å². The number of para-hydroxylation sites is 1. The third kappa shape index (κ3) is 1.36. The zero-order valence-corrected chi connectivity index (χ0v) is 13.5. The second kappa shape index (κ2) is 3.84. The Labute approximate surface area is 130 Å². The van der Waals surface area contributed by atoms with Gasteiger partial charge in [0.1, 0.15) is 0 Å². The molecule has 1 aromatic heterocycles. The van der Waals surface area contributed by atoms with Crippen LogP contribution in [0.3, 0.4) is 0 Å². The van der Waals surface area contributed by atoms with Gasteiger partial charge in [0.2, 0.25) is 5.91 Å². The van der Waals surface area contributed by atoms with Gasteiger partial charge in [0, 0.05) is 7.05 Å². The lowest BCUT2D eigenvalue weighted by Crippen LogP contribution is -2.30. The average Bonchev–Trinajstić information content (AvgIpc) is 3.11. The van der Waals surface area contributed by atoms with Crippen molar-refractivity contribution in [2.75, 3.05) is 4.90 Å². The second-order valence-electron chi connectivity index (χ2n) is 5.63. The van der Waals surface area contributed by atoms with Gasteiger partial charge in [0.15, 0.2) is 5.82 Å². The van der Waals surface area contributed by atoms with Crippen LogP contribution in [-0.2, 0) is 17.3 Å². The van der Waals surface area contributed by atoms with Gasteiger partial charge in [0.05, 0.1) is 20.9 Å². The summed E-state index contributed by atoms with van der Waals surface area (Å²) in [7, 11) is 1.89. The molecular weight excluding hydrogens is 365 g/mol. The smallest absolute Gasteiger partial charge is 0.243 e. The Hall–Kier alpha value is -1.37. The minimum Gasteiger partial charge on any atom is -0.273 e. The number of amides is 1. The van der Waals surface area contributed by atoms with Crippen molar-refractivity contribution < 1.29 is 4.79 Å². The molecule has 5 heteroatoms. The molecule has 1 saturated carbocycles. The highest BCUT2D eigenvalue weighted by Gasteiger charge is 2.60. The molecule has 1 amide bonds. The third-order valence-electron chi connectivity index (χ3n) is 4.42. The van der Waals surface area contributed by atoms with E-state index in [0.29, 0.717) is 0 Å². The predicted molar refractivity (Wildman–Crippen MR) is 85.2 cm³/mol. The highest BCUT2D eigenvalue weighted by molar-refractivity contribution is 14.1. The maximum atomic E-state index is 13.0. The van der Waals surface area contributed by atoms with Crippen molar-refractivity contribution in [3.8, 4) is 0 Å². The van der Waals surface area contributed by atoms with Gasteiger partial charge in [-0.05, 0) is 53.5 Å². The molecule has 1 spiro atoms. The van der Waals surface area contributed by atoms with E-state index in [0.717, 1.165) is 33.5 Å². The number of carbonyl (C=O) groups excluding carboxylic acids is 1. The Morgan fingerprint density at radius 3 is 2.70 bits per heavy atom. The van der Waals surface area contributed by atoms with Gasteiger partial charge < -0.3 is 0 Å². The van der Waals surface area contributed by atoms with Crippen LogP contribution in [0.1, 0.15) is 24.0 Å². The first kappa shape index (κ1) is 12.4. The molecule has 0 bridgehead atoms. The van der Waals surface area contributed by atoms with E-state index in [2.05, 4.69) is 52.8 Å². The molecule has 0 N–H and O–H groups in total. The van der Waals surface area contributed by atoms with Crippen LogP contribution >= 0.6 is 22.6 Å². The van der Waals surface area contributed by atoms with Crippen LogP contribution in [0.15, 0.2) is 24.4 Å². The third-order valence-corrected chi connectivity index (χ3v) is 5.18. The fourth-order valence-electron chi connectivity index (χ4n) is 3.24. The summed E-state index contributed by atoms with van der Waals surface area (Å²) in [5.41, 5.74) is 3.15. The topological polar surface area (TPSA) is 38.1 Å². The van der Waals surface area contributed by atoms with Crippen molar-refractivity contribution in [1.82, 2.24) is 9.78 Å². The number of hydrogen-bond acceptors (Lipinski definition) is 2. The van der Waals surface area contributed by atoms with E-state index < -0.39 is 0 Å². The molecule has 0 radical (unpaired) electrons. The molecule has 0 saturated heterocycles. The zero-order valence-electron chi connectivity index (χ0n) is 11.4. The largest absolute Gasteiger partial charge is 0.273 e. The van der Waals surface area contributed by atoms with E-state index in [4.69, 9.17) is 0 Å². The van der Waals surface area contributed by atoms with Crippen molar-refractivity contribution in [2.45, 2.75) is 25.2 Å². The summed E-state index contributed by atoms with van der Waals surface area (Å²) in [5, 5.41) is 4.28. The summed E-state index contributed by atoms with van der Waals surface area (Å²) in [6.45, 7) is 2.07. The van der Waals surface area contributed by atoms with E-state index in [1.165, 1.54) is 5.56 Å². The number of aromatic nitrogens is 2. The highest BCUT2D eigenvalue weighted by atomic mass is 127. The Morgan fingerprint density at radius 1 is 1.35 bits per heavy atom. The molecule has 0 unspecified atom stereocenters. The first-order valence-electron chi connectivity index (χ1n) is 6.68. The van der Waals surface area contributed by atoms with Gasteiger partial charge in [-0.2, -0.15) is 5.10 Å². The van der Waals surface area contributed by atoms with Crippen molar-refractivity contribution in [3.63, 3.8) is 0 Å². The number of anilines is 2. The summed E-state index contributed by atoms with van der Waals surface area (Å²) in [5.74, 6) is 1.10. The number of fused-ring (bicyclic) bond motifs is 2. The van der Waals surface area contributed by atoms with Crippen LogP contribution in [-0.4, -0.2) is 15.7 Å². The lowest BCUT2D eigenvalue weighted by atomic mass is 9.96. The minimum absolute atomic E-state index is 0.211. The molecule has 1 fully saturated rings. The molecule has 1 aliphatic carbocycles. The van der Waals surface area contributed by atoms with Crippen LogP contribution in [0, 0.1) is 10.5 Å². The van der Waals surface area contributed by atoms with Crippen molar-refractivity contribution in [2.24, 2.45) is 7.05 Å². The van der Waals surface area contributed by atoms with E-state index >= 15 is 0 Å². The lowest BCUT2D eigenvalue weighted by Gasteiger charge is -2.20. The fraction of sp³-hybridized carbons (Fsp3) is 0.333. The highest BCUT2D eigenvalue weighted by Crippen LogP contribution is 2.59. The summed E-state index contributed by atoms with van der Waals surface area (Å²) in [6, 6.07) is 6.24. The number of halogens is 1. The molecule has 2 aromatic rings. The molecule has 102 valence electrons. The molecule has 2 heterocycles. The standard InChI is InChI=1S/C15H14IN3O/c1-9-4-3-5-10-12(9)19(14(20)15(10)6-7-15)13-11(16)8-17-18(13)2/h3-5,8H,6-7H2,1-2H3. The van der Waals surface area contributed by atoms with Gasteiger partial charge >= 0.3 is 0 Å².